The number of ether oxygens (including phenoxy) is 1. The molecule has 1 atom stereocenters. The monoisotopic (exact) mass is 382 g/mol. The molecular formula is C24H24ClFO. The maximum atomic E-state index is 14.1. The molecule has 0 aromatic heterocycles. The van der Waals surface area contributed by atoms with Crippen LogP contribution in [0.3, 0.4) is 0 Å². The Hall–Kier alpha value is -2.32. The van der Waals surface area contributed by atoms with Gasteiger partial charge in [0.15, 0.2) is 11.6 Å². The number of para-hydroxylation sites is 1. The SMILES string of the molecule is CCC(CCCc1ccc(F)c(Oc2ccccc2)c1)c1ccc(Cl)cc1. The van der Waals surface area contributed by atoms with Crippen LogP contribution in [0, 0.1) is 5.82 Å². The van der Waals surface area contributed by atoms with Crippen molar-refractivity contribution >= 4 is 11.6 Å². The van der Waals surface area contributed by atoms with Crippen molar-refractivity contribution in [1.82, 2.24) is 0 Å². The summed E-state index contributed by atoms with van der Waals surface area (Å²) in [7, 11) is 0. The van der Waals surface area contributed by atoms with Gasteiger partial charge in [-0.1, -0.05) is 54.9 Å². The van der Waals surface area contributed by atoms with E-state index < -0.39 is 0 Å². The highest BCUT2D eigenvalue weighted by atomic mass is 35.5. The molecule has 0 heterocycles. The number of benzene rings is 3. The molecule has 0 saturated carbocycles. The Kier molecular flexibility index (Phi) is 6.89. The van der Waals surface area contributed by atoms with Crippen molar-refractivity contribution in [3.05, 3.63) is 94.8 Å². The molecule has 0 aliphatic rings. The summed E-state index contributed by atoms with van der Waals surface area (Å²) in [5.74, 6) is 1.10. The number of aryl methyl sites for hydroxylation is 1. The fraction of sp³-hybridized carbons (Fsp3) is 0.250. The van der Waals surface area contributed by atoms with Gasteiger partial charge in [-0.05, 0) is 79.1 Å². The molecule has 1 nitrogen and oxygen atoms in total. The van der Waals surface area contributed by atoms with Crippen LogP contribution in [0.5, 0.6) is 11.5 Å². The molecule has 0 fully saturated rings. The van der Waals surface area contributed by atoms with Gasteiger partial charge in [0.25, 0.3) is 0 Å². The molecule has 3 aromatic carbocycles. The van der Waals surface area contributed by atoms with Crippen molar-refractivity contribution in [2.75, 3.05) is 0 Å². The molecular weight excluding hydrogens is 359 g/mol. The predicted octanol–water partition coefficient (Wildman–Crippen LogP) is 7.79. The van der Waals surface area contributed by atoms with Crippen LogP contribution < -0.4 is 4.74 Å². The van der Waals surface area contributed by atoms with Crippen molar-refractivity contribution in [3.63, 3.8) is 0 Å². The standard InChI is InChI=1S/C24H24ClFO/c1-2-19(20-12-14-21(25)15-13-20)8-6-7-18-11-16-23(26)24(17-18)27-22-9-4-3-5-10-22/h3-5,9-17,19H,2,6-8H2,1H3. The molecule has 0 radical (unpaired) electrons. The Morgan fingerprint density at radius 2 is 1.70 bits per heavy atom. The zero-order valence-electron chi connectivity index (χ0n) is 15.5. The molecule has 27 heavy (non-hydrogen) atoms. The fourth-order valence-corrected chi connectivity index (χ4v) is 3.42. The molecule has 0 N–H and O–H groups in total. The summed E-state index contributed by atoms with van der Waals surface area (Å²) in [5.41, 5.74) is 2.42. The fourth-order valence-electron chi connectivity index (χ4n) is 3.29. The van der Waals surface area contributed by atoms with E-state index in [2.05, 4.69) is 19.1 Å². The van der Waals surface area contributed by atoms with Gasteiger partial charge in [0, 0.05) is 5.02 Å². The van der Waals surface area contributed by atoms with E-state index in [9.17, 15) is 4.39 Å². The number of hydrogen-bond acceptors (Lipinski definition) is 1. The minimum Gasteiger partial charge on any atom is -0.454 e. The van der Waals surface area contributed by atoms with Gasteiger partial charge < -0.3 is 4.74 Å². The van der Waals surface area contributed by atoms with Crippen molar-refractivity contribution in [1.29, 1.82) is 0 Å². The predicted molar refractivity (Wildman–Crippen MR) is 110 cm³/mol. The third kappa shape index (κ3) is 5.58. The van der Waals surface area contributed by atoms with Crippen LogP contribution in [-0.4, -0.2) is 0 Å². The Morgan fingerprint density at radius 3 is 2.41 bits per heavy atom. The topological polar surface area (TPSA) is 9.23 Å². The summed E-state index contributed by atoms with van der Waals surface area (Å²) in [5, 5.41) is 0.769. The molecule has 140 valence electrons. The molecule has 3 aromatic rings. The Balaban J connectivity index is 1.60. The van der Waals surface area contributed by atoms with Gasteiger partial charge >= 0.3 is 0 Å². The van der Waals surface area contributed by atoms with E-state index in [-0.39, 0.29) is 11.6 Å². The zero-order valence-corrected chi connectivity index (χ0v) is 16.3. The average Bonchev–Trinajstić information content (AvgIpc) is 2.69. The van der Waals surface area contributed by atoms with Crippen molar-refractivity contribution in [2.24, 2.45) is 0 Å². The van der Waals surface area contributed by atoms with Gasteiger partial charge in [-0.2, -0.15) is 0 Å². The maximum absolute atomic E-state index is 14.1. The summed E-state index contributed by atoms with van der Waals surface area (Å²) in [6.45, 7) is 2.21. The molecule has 0 saturated heterocycles. The highest BCUT2D eigenvalue weighted by Crippen LogP contribution is 2.29. The zero-order chi connectivity index (χ0) is 19.1. The molecule has 3 rings (SSSR count). The molecule has 3 heteroatoms. The number of halogens is 2. The normalized spacial score (nSPS) is 12.0. The molecule has 0 aliphatic carbocycles. The van der Waals surface area contributed by atoms with E-state index in [4.69, 9.17) is 16.3 Å². The minimum absolute atomic E-state index is 0.281. The lowest BCUT2D eigenvalue weighted by Gasteiger charge is -2.15. The highest BCUT2D eigenvalue weighted by molar-refractivity contribution is 6.30. The summed E-state index contributed by atoms with van der Waals surface area (Å²) < 4.78 is 19.8. The van der Waals surface area contributed by atoms with E-state index in [1.807, 2.05) is 54.6 Å². The van der Waals surface area contributed by atoms with Gasteiger partial charge in [-0.25, -0.2) is 4.39 Å². The highest BCUT2D eigenvalue weighted by Gasteiger charge is 2.11. The summed E-state index contributed by atoms with van der Waals surface area (Å²) in [6, 6.07) is 22.6. The Labute approximate surface area is 165 Å². The second-order valence-corrected chi connectivity index (χ2v) is 7.17. The molecule has 0 spiro atoms. The lowest BCUT2D eigenvalue weighted by molar-refractivity contribution is 0.441. The van der Waals surface area contributed by atoms with E-state index in [0.717, 1.165) is 36.3 Å². The first-order chi connectivity index (χ1) is 13.2. The van der Waals surface area contributed by atoms with Crippen LogP contribution in [-0.2, 0) is 6.42 Å². The molecule has 0 bridgehead atoms. The molecule has 0 aliphatic heterocycles. The van der Waals surface area contributed by atoms with Crippen LogP contribution >= 0.6 is 11.6 Å². The van der Waals surface area contributed by atoms with E-state index >= 15 is 0 Å². The van der Waals surface area contributed by atoms with E-state index in [1.165, 1.54) is 11.6 Å². The Bertz CT molecular complexity index is 846. The second-order valence-electron chi connectivity index (χ2n) is 6.73. The van der Waals surface area contributed by atoms with Crippen LogP contribution in [0.2, 0.25) is 5.02 Å². The lowest BCUT2D eigenvalue weighted by atomic mass is 9.90. The number of hydrogen-bond donors (Lipinski definition) is 0. The van der Waals surface area contributed by atoms with Crippen molar-refractivity contribution in [2.45, 2.75) is 38.5 Å². The maximum Gasteiger partial charge on any atom is 0.165 e. The second kappa shape index (κ2) is 9.57. The van der Waals surface area contributed by atoms with Gasteiger partial charge in [0.05, 0.1) is 0 Å². The first-order valence-corrected chi connectivity index (χ1v) is 9.80. The largest absolute Gasteiger partial charge is 0.454 e. The van der Waals surface area contributed by atoms with Gasteiger partial charge in [0.2, 0.25) is 0 Å². The third-order valence-electron chi connectivity index (χ3n) is 4.82. The van der Waals surface area contributed by atoms with E-state index in [0.29, 0.717) is 11.7 Å². The molecule has 1 unspecified atom stereocenters. The van der Waals surface area contributed by atoms with Crippen LogP contribution in [0.1, 0.15) is 43.2 Å². The lowest BCUT2D eigenvalue weighted by Crippen LogP contribution is -1.99. The number of rotatable bonds is 8. The van der Waals surface area contributed by atoms with Gasteiger partial charge in [-0.15, -0.1) is 0 Å². The first kappa shape index (κ1) is 19.4. The van der Waals surface area contributed by atoms with Crippen LogP contribution in [0.4, 0.5) is 4.39 Å². The summed E-state index contributed by atoms with van der Waals surface area (Å²) in [4.78, 5) is 0. The third-order valence-corrected chi connectivity index (χ3v) is 5.07. The smallest absolute Gasteiger partial charge is 0.165 e. The quantitative estimate of drug-likeness (QED) is 0.386. The van der Waals surface area contributed by atoms with Gasteiger partial charge in [-0.3, -0.25) is 0 Å². The Morgan fingerprint density at radius 1 is 0.963 bits per heavy atom. The minimum atomic E-state index is -0.338. The van der Waals surface area contributed by atoms with Crippen molar-refractivity contribution in [3.8, 4) is 11.5 Å². The summed E-state index contributed by atoms with van der Waals surface area (Å²) >= 11 is 5.99. The van der Waals surface area contributed by atoms with Gasteiger partial charge in [0.1, 0.15) is 5.75 Å². The summed E-state index contributed by atoms with van der Waals surface area (Å²) in [6.07, 6.45) is 4.12. The average molecular weight is 383 g/mol. The van der Waals surface area contributed by atoms with Crippen LogP contribution in [0.25, 0.3) is 0 Å². The van der Waals surface area contributed by atoms with E-state index in [1.54, 1.807) is 0 Å². The van der Waals surface area contributed by atoms with Crippen LogP contribution in [0.15, 0.2) is 72.8 Å². The molecule has 0 amide bonds. The first-order valence-electron chi connectivity index (χ1n) is 9.42. The van der Waals surface area contributed by atoms with Crippen molar-refractivity contribution < 1.29 is 9.13 Å².